The minimum absolute atomic E-state index is 0.000193. The van der Waals surface area contributed by atoms with E-state index in [-0.39, 0.29) is 6.73 Å². The van der Waals surface area contributed by atoms with Crippen LogP contribution in [-0.2, 0) is 11.5 Å². The molecule has 0 amide bonds. The van der Waals surface area contributed by atoms with Crippen molar-refractivity contribution >= 4 is 17.0 Å². The Hall–Kier alpha value is -2.89. The quantitative estimate of drug-likeness (QED) is 0.677. The average Bonchev–Trinajstić information content (AvgIpc) is 2.97. The van der Waals surface area contributed by atoms with Gasteiger partial charge in [0.1, 0.15) is 16.8 Å². The van der Waals surface area contributed by atoms with Gasteiger partial charge in [0.05, 0.1) is 12.1 Å². The molecule has 0 fully saturated rings. The van der Waals surface area contributed by atoms with Crippen LogP contribution in [0.3, 0.4) is 0 Å². The molecule has 0 unspecified atom stereocenters. The van der Waals surface area contributed by atoms with Crippen LogP contribution in [0.5, 0.6) is 5.75 Å². The number of fused-ring (bicyclic) bond motifs is 1. The summed E-state index contributed by atoms with van der Waals surface area (Å²) in [5.74, 6) is 0.0575. The number of benzene rings is 2. The van der Waals surface area contributed by atoms with Crippen molar-refractivity contribution in [2.75, 3.05) is 6.61 Å². The first-order chi connectivity index (χ1) is 10.8. The Labute approximate surface area is 127 Å². The molecule has 0 saturated heterocycles. The molecule has 0 N–H and O–H groups in total. The molecule has 0 aliphatic heterocycles. The molecule has 0 atom stereocenters. The maximum Gasteiger partial charge on any atom is 0.343 e. The lowest BCUT2D eigenvalue weighted by atomic mass is 10.2. The molecule has 0 spiro atoms. The standard InChI is InChI=1S/C16H15N3O3/c1-2-21-15-10-6-3-7-12(15)16(20)22-11-19-14-9-5-4-8-13(14)17-18-19/h3-10H,2,11H2,1H3. The Kier molecular flexibility index (Phi) is 4.00. The molecular weight excluding hydrogens is 282 g/mol. The number of hydrogen-bond acceptors (Lipinski definition) is 5. The Morgan fingerprint density at radius 1 is 1.14 bits per heavy atom. The topological polar surface area (TPSA) is 66.2 Å². The van der Waals surface area contributed by atoms with Crippen LogP contribution in [0.25, 0.3) is 11.0 Å². The average molecular weight is 297 g/mol. The molecule has 22 heavy (non-hydrogen) atoms. The van der Waals surface area contributed by atoms with E-state index in [1.807, 2.05) is 37.3 Å². The number of carbonyl (C=O) groups is 1. The molecule has 1 aromatic heterocycles. The number of ether oxygens (including phenoxy) is 2. The van der Waals surface area contributed by atoms with Crippen molar-refractivity contribution in [2.24, 2.45) is 0 Å². The fourth-order valence-corrected chi connectivity index (χ4v) is 2.13. The molecule has 112 valence electrons. The van der Waals surface area contributed by atoms with Gasteiger partial charge in [-0.3, -0.25) is 0 Å². The Balaban J connectivity index is 1.75. The molecule has 3 aromatic rings. The van der Waals surface area contributed by atoms with Crippen LogP contribution in [0, 0.1) is 0 Å². The molecule has 0 saturated carbocycles. The summed E-state index contributed by atoms with van der Waals surface area (Å²) < 4.78 is 12.3. The summed E-state index contributed by atoms with van der Waals surface area (Å²) in [4.78, 5) is 12.2. The van der Waals surface area contributed by atoms with Crippen molar-refractivity contribution in [2.45, 2.75) is 13.7 Å². The van der Waals surface area contributed by atoms with E-state index in [0.29, 0.717) is 17.9 Å². The molecule has 1 heterocycles. The first kappa shape index (κ1) is 14.1. The number of hydrogen-bond donors (Lipinski definition) is 0. The van der Waals surface area contributed by atoms with E-state index in [4.69, 9.17) is 9.47 Å². The van der Waals surface area contributed by atoms with Gasteiger partial charge in [0, 0.05) is 0 Å². The van der Waals surface area contributed by atoms with Gasteiger partial charge in [-0.05, 0) is 31.2 Å². The fraction of sp³-hybridized carbons (Fsp3) is 0.188. The molecule has 3 rings (SSSR count). The third-order valence-electron chi connectivity index (χ3n) is 3.14. The summed E-state index contributed by atoms with van der Waals surface area (Å²) in [5, 5.41) is 7.99. The minimum atomic E-state index is -0.455. The predicted octanol–water partition coefficient (Wildman–Crippen LogP) is 2.64. The normalized spacial score (nSPS) is 10.6. The second kappa shape index (κ2) is 6.26. The first-order valence-electron chi connectivity index (χ1n) is 6.96. The molecule has 0 bridgehead atoms. The van der Waals surface area contributed by atoms with E-state index < -0.39 is 5.97 Å². The summed E-state index contributed by atoms with van der Waals surface area (Å²) in [6.45, 7) is 2.35. The minimum Gasteiger partial charge on any atom is -0.493 e. The van der Waals surface area contributed by atoms with Gasteiger partial charge in [0.25, 0.3) is 0 Å². The summed E-state index contributed by atoms with van der Waals surface area (Å²) in [6.07, 6.45) is 0. The SMILES string of the molecule is CCOc1ccccc1C(=O)OCn1nnc2ccccc21. The Morgan fingerprint density at radius 2 is 1.91 bits per heavy atom. The molecule has 0 aliphatic rings. The molecule has 0 radical (unpaired) electrons. The van der Waals surface area contributed by atoms with Crippen LogP contribution < -0.4 is 4.74 Å². The summed E-state index contributed by atoms with van der Waals surface area (Å²) in [6, 6.07) is 14.5. The van der Waals surface area contributed by atoms with E-state index in [1.165, 1.54) is 4.68 Å². The monoisotopic (exact) mass is 297 g/mol. The fourth-order valence-electron chi connectivity index (χ4n) is 2.13. The van der Waals surface area contributed by atoms with Gasteiger partial charge in [-0.15, -0.1) is 5.10 Å². The number of carbonyl (C=O) groups excluding carboxylic acids is 1. The van der Waals surface area contributed by atoms with Crippen molar-refractivity contribution in [1.82, 2.24) is 15.0 Å². The molecular formula is C16H15N3O3. The molecule has 6 nitrogen and oxygen atoms in total. The largest absolute Gasteiger partial charge is 0.493 e. The summed E-state index contributed by atoms with van der Waals surface area (Å²) in [7, 11) is 0. The lowest BCUT2D eigenvalue weighted by molar-refractivity contribution is 0.0350. The summed E-state index contributed by atoms with van der Waals surface area (Å²) in [5.41, 5.74) is 1.97. The van der Waals surface area contributed by atoms with Crippen LogP contribution in [0.15, 0.2) is 48.5 Å². The van der Waals surface area contributed by atoms with Crippen LogP contribution in [0.1, 0.15) is 17.3 Å². The number of rotatable bonds is 5. The van der Waals surface area contributed by atoms with Crippen LogP contribution in [0.2, 0.25) is 0 Å². The van der Waals surface area contributed by atoms with Crippen molar-refractivity contribution in [1.29, 1.82) is 0 Å². The Bertz CT molecular complexity index is 798. The lowest BCUT2D eigenvalue weighted by Gasteiger charge is -2.09. The smallest absolute Gasteiger partial charge is 0.343 e. The number of para-hydroxylation sites is 2. The third-order valence-corrected chi connectivity index (χ3v) is 3.14. The van der Waals surface area contributed by atoms with Gasteiger partial charge in [-0.2, -0.15) is 0 Å². The van der Waals surface area contributed by atoms with E-state index >= 15 is 0 Å². The highest BCUT2D eigenvalue weighted by Crippen LogP contribution is 2.19. The van der Waals surface area contributed by atoms with E-state index in [2.05, 4.69) is 10.3 Å². The highest BCUT2D eigenvalue weighted by Gasteiger charge is 2.14. The van der Waals surface area contributed by atoms with E-state index in [9.17, 15) is 4.79 Å². The van der Waals surface area contributed by atoms with E-state index in [0.717, 1.165) is 11.0 Å². The van der Waals surface area contributed by atoms with Gasteiger partial charge in [-0.25, -0.2) is 9.48 Å². The predicted molar refractivity (Wildman–Crippen MR) is 80.6 cm³/mol. The highest BCUT2D eigenvalue weighted by molar-refractivity contribution is 5.92. The van der Waals surface area contributed by atoms with Gasteiger partial charge >= 0.3 is 5.97 Å². The van der Waals surface area contributed by atoms with Crippen molar-refractivity contribution < 1.29 is 14.3 Å². The first-order valence-corrected chi connectivity index (χ1v) is 6.96. The van der Waals surface area contributed by atoms with Crippen LogP contribution in [0.4, 0.5) is 0 Å². The lowest BCUT2D eigenvalue weighted by Crippen LogP contribution is -2.12. The molecule has 2 aromatic carbocycles. The molecule has 0 aliphatic carbocycles. The zero-order valence-corrected chi connectivity index (χ0v) is 12.1. The molecule has 6 heteroatoms. The number of aromatic nitrogens is 3. The zero-order valence-electron chi connectivity index (χ0n) is 12.1. The van der Waals surface area contributed by atoms with E-state index in [1.54, 1.807) is 18.2 Å². The number of esters is 1. The van der Waals surface area contributed by atoms with Crippen molar-refractivity contribution in [3.05, 3.63) is 54.1 Å². The van der Waals surface area contributed by atoms with Gasteiger partial charge < -0.3 is 9.47 Å². The van der Waals surface area contributed by atoms with Crippen LogP contribution in [-0.4, -0.2) is 27.6 Å². The van der Waals surface area contributed by atoms with Crippen molar-refractivity contribution in [3.8, 4) is 5.75 Å². The maximum atomic E-state index is 12.2. The second-order valence-electron chi connectivity index (χ2n) is 4.57. The zero-order chi connectivity index (χ0) is 15.4. The Morgan fingerprint density at radius 3 is 2.77 bits per heavy atom. The van der Waals surface area contributed by atoms with Crippen molar-refractivity contribution in [3.63, 3.8) is 0 Å². The van der Waals surface area contributed by atoms with Gasteiger partial charge in [-0.1, -0.05) is 29.5 Å². The summed E-state index contributed by atoms with van der Waals surface area (Å²) >= 11 is 0. The van der Waals surface area contributed by atoms with Crippen LogP contribution >= 0.6 is 0 Å². The number of nitrogens with zero attached hydrogens (tertiary/aromatic N) is 3. The van der Waals surface area contributed by atoms with Gasteiger partial charge in [0.2, 0.25) is 0 Å². The third kappa shape index (κ3) is 2.76. The highest BCUT2D eigenvalue weighted by atomic mass is 16.5. The van der Waals surface area contributed by atoms with Gasteiger partial charge in [0.15, 0.2) is 6.73 Å². The maximum absolute atomic E-state index is 12.2. The second-order valence-corrected chi connectivity index (χ2v) is 4.57.